The zero-order valence-corrected chi connectivity index (χ0v) is 12.0. The van der Waals surface area contributed by atoms with Crippen LogP contribution in [0.4, 0.5) is 10.1 Å². The molecule has 0 aliphatic rings. The molecule has 4 nitrogen and oxygen atoms in total. The maximum atomic E-state index is 13.0. The lowest BCUT2D eigenvalue weighted by atomic mass is 10.1. The number of nitro groups is 1. The predicted molar refractivity (Wildman–Crippen MR) is 76.4 cm³/mol. The van der Waals surface area contributed by atoms with E-state index in [4.69, 9.17) is 4.74 Å². The topological polar surface area (TPSA) is 52.4 Å². The molecule has 0 spiro atoms. The molecule has 0 fully saturated rings. The first kappa shape index (κ1) is 14.5. The molecule has 2 aromatic rings. The minimum absolute atomic E-state index is 0.0668. The van der Waals surface area contributed by atoms with E-state index in [1.165, 1.54) is 18.2 Å². The van der Waals surface area contributed by atoms with Crippen molar-refractivity contribution < 1.29 is 14.1 Å². The Hall–Kier alpha value is -1.95. The second-order valence-corrected chi connectivity index (χ2v) is 4.95. The smallest absolute Gasteiger partial charge is 0.269 e. The summed E-state index contributed by atoms with van der Waals surface area (Å²) in [6, 6.07) is 10.8. The van der Waals surface area contributed by atoms with E-state index in [1.54, 1.807) is 24.3 Å². The summed E-state index contributed by atoms with van der Waals surface area (Å²) in [5, 5.41) is 10.5. The molecule has 104 valence electrons. The molecule has 0 saturated heterocycles. The van der Waals surface area contributed by atoms with Crippen molar-refractivity contribution in [3.8, 4) is 5.75 Å². The summed E-state index contributed by atoms with van der Waals surface area (Å²) in [6.07, 6.45) is 0.618. The van der Waals surface area contributed by atoms with Gasteiger partial charge in [0.15, 0.2) is 0 Å². The maximum absolute atomic E-state index is 13.0. The lowest BCUT2D eigenvalue weighted by Gasteiger charge is -2.07. The molecule has 0 heterocycles. The zero-order valence-electron chi connectivity index (χ0n) is 10.4. The van der Waals surface area contributed by atoms with Gasteiger partial charge in [-0.05, 0) is 39.7 Å². The van der Waals surface area contributed by atoms with E-state index >= 15 is 0 Å². The Morgan fingerprint density at radius 2 is 1.90 bits per heavy atom. The highest BCUT2D eigenvalue weighted by Gasteiger charge is 2.04. The van der Waals surface area contributed by atoms with Gasteiger partial charge in [-0.2, -0.15) is 0 Å². The summed E-state index contributed by atoms with van der Waals surface area (Å²) in [7, 11) is 0. The van der Waals surface area contributed by atoms with Gasteiger partial charge in [-0.25, -0.2) is 4.39 Å². The lowest BCUT2D eigenvalue weighted by Crippen LogP contribution is -2.01. The van der Waals surface area contributed by atoms with Gasteiger partial charge in [-0.1, -0.05) is 12.1 Å². The molecular weight excluding hydrogens is 329 g/mol. The van der Waals surface area contributed by atoms with Gasteiger partial charge >= 0.3 is 0 Å². The van der Waals surface area contributed by atoms with Crippen molar-refractivity contribution in [1.82, 2.24) is 0 Å². The minimum Gasteiger partial charge on any atom is -0.493 e. The van der Waals surface area contributed by atoms with E-state index in [-0.39, 0.29) is 11.5 Å². The second kappa shape index (κ2) is 6.47. The van der Waals surface area contributed by atoms with Crippen molar-refractivity contribution >= 4 is 21.6 Å². The van der Waals surface area contributed by atoms with Crippen LogP contribution < -0.4 is 4.74 Å². The molecule has 0 aliphatic heterocycles. The Balaban J connectivity index is 1.89. The summed E-state index contributed by atoms with van der Waals surface area (Å²) in [5.41, 5.74) is 1.01. The van der Waals surface area contributed by atoms with Crippen LogP contribution in [0.1, 0.15) is 5.56 Å². The number of halogens is 2. The van der Waals surface area contributed by atoms with Gasteiger partial charge in [0.1, 0.15) is 11.6 Å². The molecule has 0 radical (unpaired) electrons. The van der Waals surface area contributed by atoms with Crippen LogP contribution in [0, 0.1) is 15.9 Å². The third kappa shape index (κ3) is 3.77. The molecular formula is C14H11BrFNO3. The van der Waals surface area contributed by atoms with Crippen LogP contribution in [-0.2, 0) is 6.42 Å². The van der Waals surface area contributed by atoms with E-state index in [0.717, 1.165) is 5.56 Å². The Morgan fingerprint density at radius 1 is 1.20 bits per heavy atom. The highest BCUT2D eigenvalue weighted by molar-refractivity contribution is 9.10. The number of ether oxygens (including phenoxy) is 1. The van der Waals surface area contributed by atoms with E-state index in [0.29, 0.717) is 23.2 Å². The van der Waals surface area contributed by atoms with Gasteiger partial charge in [0, 0.05) is 18.6 Å². The lowest BCUT2D eigenvalue weighted by molar-refractivity contribution is -0.384. The summed E-state index contributed by atoms with van der Waals surface area (Å²) in [6.45, 7) is 0.413. The van der Waals surface area contributed by atoms with Crippen LogP contribution in [-0.4, -0.2) is 11.5 Å². The third-order valence-electron chi connectivity index (χ3n) is 2.70. The van der Waals surface area contributed by atoms with Crippen LogP contribution >= 0.6 is 15.9 Å². The number of nitro benzene ring substituents is 1. The SMILES string of the molecule is O=[N+]([O-])c1ccc(CCOc2ccc(F)c(Br)c2)cc1. The first-order valence-electron chi connectivity index (χ1n) is 5.87. The molecule has 20 heavy (non-hydrogen) atoms. The Kier molecular flexibility index (Phi) is 4.68. The van der Waals surface area contributed by atoms with Gasteiger partial charge in [-0.3, -0.25) is 10.1 Å². The number of benzene rings is 2. The molecule has 2 aromatic carbocycles. The normalized spacial score (nSPS) is 10.3. The molecule has 0 aliphatic carbocycles. The van der Waals surface area contributed by atoms with Gasteiger partial charge in [0.05, 0.1) is 16.0 Å². The molecule has 0 aromatic heterocycles. The molecule has 0 unspecified atom stereocenters. The van der Waals surface area contributed by atoms with Crippen molar-refractivity contribution in [2.24, 2.45) is 0 Å². The first-order valence-corrected chi connectivity index (χ1v) is 6.67. The third-order valence-corrected chi connectivity index (χ3v) is 3.31. The quantitative estimate of drug-likeness (QED) is 0.608. The van der Waals surface area contributed by atoms with Gasteiger partial charge in [-0.15, -0.1) is 0 Å². The zero-order chi connectivity index (χ0) is 14.5. The summed E-state index contributed by atoms with van der Waals surface area (Å²) >= 11 is 3.09. The number of non-ortho nitro benzene ring substituents is 1. The monoisotopic (exact) mass is 339 g/mol. The van der Waals surface area contributed by atoms with Crippen LogP contribution in [0.5, 0.6) is 5.75 Å². The van der Waals surface area contributed by atoms with E-state index in [9.17, 15) is 14.5 Å². The second-order valence-electron chi connectivity index (χ2n) is 4.10. The highest BCUT2D eigenvalue weighted by Crippen LogP contribution is 2.22. The Bertz CT molecular complexity index is 616. The van der Waals surface area contributed by atoms with E-state index < -0.39 is 4.92 Å². The van der Waals surface area contributed by atoms with Crippen LogP contribution in [0.15, 0.2) is 46.9 Å². The largest absolute Gasteiger partial charge is 0.493 e. The fraction of sp³-hybridized carbons (Fsp3) is 0.143. The van der Waals surface area contributed by atoms with Gasteiger partial charge in [0.25, 0.3) is 5.69 Å². The Morgan fingerprint density at radius 3 is 2.50 bits per heavy atom. The molecule has 0 N–H and O–H groups in total. The summed E-state index contributed by atoms with van der Waals surface area (Å²) in [5.74, 6) is 0.230. The standard InChI is InChI=1S/C14H11BrFNO3/c15-13-9-12(5-6-14(13)16)20-8-7-10-1-3-11(4-2-10)17(18)19/h1-6,9H,7-8H2. The molecule has 0 saturated carbocycles. The van der Waals surface area contributed by atoms with Crippen molar-refractivity contribution in [3.05, 3.63) is 68.4 Å². The first-order chi connectivity index (χ1) is 9.56. The Labute approximate surface area is 123 Å². The van der Waals surface area contributed by atoms with Crippen LogP contribution in [0.2, 0.25) is 0 Å². The van der Waals surface area contributed by atoms with Crippen molar-refractivity contribution in [2.75, 3.05) is 6.61 Å². The number of rotatable bonds is 5. The number of nitrogens with zero attached hydrogens (tertiary/aromatic N) is 1. The molecule has 0 amide bonds. The van der Waals surface area contributed by atoms with E-state index in [2.05, 4.69) is 15.9 Å². The van der Waals surface area contributed by atoms with Crippen molar-refractivity contribution in [1.29, 1.82) is 0 Å². The number of hydrogen-bond donors (Lipinski definition) is 0. The summed E-state index contributed by atoms with van der Waals surface area (Å²) < 4.78 is 18.9. The van der Waals surface area contributed by atoms with Gasteiger partial charge < -0.3 is 4.74 Å². The molecule has 0 atom stereocenters. The fourth-order valence-corrected chi connectivity index (χ4v) is 2.00. The van der Waals surface area contributed by atoms with Crippen molar-refractivity contribution in [3.63, 3.8) is 0 Å². The van der Waals surface area contributed by atoms with Crippen LogP contribution in [0.3, 0.4) is 0 Å². The fourth-order valence-electron chi connectivity index (χ4n) is 1.64. The van der Waals surface area contributed by atoms with E-state index in [1.807, 2.05) is 0 Å². The van der Waals surface area contributed by atoms with Crippen molar-refractivity contribution in [2.45, 2.75) is 6.42 Å². The average molecular weight is 340 g/mol. The number of hydrogen-bond acceptors (Lipinski definition) is 3. The van der Waals surface area contributed by atoms with Crippen LogP contribution in [0.25, 0.3) is 0 Å². The molecule has 2 rings (SSSR count). The summed E-state index contributed by atoms with van der Waals surface area (Å²) in [4.78, 5) is 10.1. The molecule has 0 bridgehead atoms. The average Bonchev–Trinajstić information content (AvgIpc) is 2.43. The minimum atomic E-state index is -0.434. The van der Waals surface area contributed by atoms with Gasteiger partial charge in [0.2, 0.25) is 0 Å². The maximum Gasteiger partial charge on any atom is 0.269 e. The highest BCUT2D eigenvalue weighted by atomic mass is 79.9. The molecule has 6 heteroatoms. The predicted octanol–water partition coefficient (Wildman–Crippen LogP) is 4.12.